The fourth-order valence-corrected chi connectivity index (χ4v) is 3.31. The molecule has 1 unspecified atom stereocenters. The predicted octanol–water partition coefficient (Wildman–Crippen LogP) is 2.63. The quantitative estimate of drug-likeness (QED) is 0.442. The summed E-state index contributed by atoms with van der Waals surface area (Å²) in [5.41, 5.74) is 0.271. The van der Waals surface area contributed by atoms with Crippen molar-refractivity contribution >= 4 is 5.70 Å². The fraction of sp³-hybridized carbons (Fsp3) is 0.300. The zero-order valence-corrected chi connectivity index (χ0v) is 17.1. The van der Waals surface area contributed by atoms with E-state index in [-0.39, 0.29) is 12.0 Å². The van der Waals surface area contributed by atoms with Gasteiger partial charge >= 0.3 is 0 Å². The number of pyridine rings is 1. The Bertz CT molecular complexity index is 1190. The largest absolute Gasteiger partial charge is 0.483 e. The first-order valence-electron chi connectivity index (χ1n) is 9.37. The molecule has 1 aromatic heterocycles. The summed E-state index contributed by atoms with van der Waals surface area (Å²) in [6, 6.07) is 9.38. The fourth-order valence-electron chi connectivity index (χ4n) is 3.31. The normalized spacial score (nSPS) is 14.7. The van der Waals surface area contributed by atoms with Crippen LogP contribution in [0.5, 0.6) is 5.75 Å². The average Bonchev–Trinajstić information content (AvgIpc) is 2.71. The molecule has 1 aliphatic rings. The van der Waals surface area contributed by atoms with E-state index in [1.807, 2.05) is 6.07 Å². The molecule has 0 aliphatic carbocycles. The van der Waals surface area contributed by atoms with Gasteiger partial charge in [0.15, 0.2) is 0 Å². The molecule has 1 atom stereocenters. The van der Waals surface area contributed by atoms with Crippen LogP contribution in [0.25, 0.3) is 5.70 Å². The van der Waals surface area contributed by atoms with Gasteiger partial charge in [0, 0.05) is 24.2 Å². The molecule has 166 valence electrons. The van der Waals surface area contributed by atoms with Crippen LogP contribution in [0.1, 0.15) is 43.1 Å². The number of hydrogen-bond donors (Lipinski definition) is 0. The van der Waals surface area contributed by atoms with Gasteiger partial charge in [0.1, 0.15) is 17.5 Å². The van der Waals surface area contributed by atoms with Crippen molar-refractivity contribution in [3.63, 3.8) is 0 Å². The Balaban J connectivity index is 2.08. The van der Waals surface area contributed by atoms with Crippen molar-refractivity contribution in [2.24, 2.45) is 0 Å². The number of rotatable bonds is 8. The molecule has 0 radical (unpaired) electrons. The number of ether oxygens (including phenoxy) is 1. The van der Waals surface area contributed by atoms with Crippen LogP contribution in [0, 0.1) is 31.6 Å². The Morgan fingerprint density at radius 1 is 1.22 bits per heavy atom. The van der Waals surface area contributed by atoms with Gasteiger partial charge in [-0.15, -0.1) is 20.2 Å². The Morgan fingerprint density at radius 2 is 1.97 bits per heavy atom. The number of fused-ring (bicyclic) bond motifs is 1. The minimum absolute atomic E-state index is 0.205. The first kappa shape index (κ1) is 22.3. The molecule has 0 fully saturated rings. The van der Waals surface area contributed by atoms with Crippen LogP contribution in [-0.4, -0.2) is 26.9 Å². The summed E-state index contributed by atoms with van der Waals surface area (Å²) in [6.07, 6.45) is 1.64. The van der Waals surface area contributed by atoms with Crippen molar-refractivity contribution in [1.29, 1.82) is 5.26 Å². The molecule has 3 rings (SSSR count). The van der Waals surface area contributed by atoms with Gasteiger partial charge in [-0.2, -0.15) is 5.26 Å². The monoisotopic (exact) mass is 442 g/mol. The molecule has 2 aromatic rings. The smallest absolute Gasteiger partial charge is 0.295 e. The zero-order chi connectivity index (χ0) is 23.5. The minimum Gasteiger partial charge on any atom is -0.483 e. The van der Waals surface area contributed by atoms with Crippen LogP contribution in [0.3, 0.4) is 0 Å². The number of hydrogen-bond acceptors (Lipinski definition) is 9. The van der Waals surface area contributed by atoms with Gasteiger partial charge in [-0.05, 0) is 49.8 Å². The van der Waals surface area contributed by atoms with E-state index in [0.29, 0.717) is 22.6 Å². The molecule has 0 bridgehead atoms. The van der Waals surface area contributed by atoms with Crippen LogP contribution >= 0.6 is 0 Å². The summed E-state index contributed by atoms with van der Waals surface area (Å²) in [5, 5.41) is 28.6. The van der Waals surface area contributed by atoms with Crippen molar-refractivity contribution in [3.8, 4) is 11.8 Å². The second-order valence-corrected chi connectivity index (χ2v) is 7.39. The van der Waals surface area contributed by atoms with E-state index in [1.165, 1.54) is 22.9 Å². The van der Waals surface area contributed by atoms with Gasteiger partial charge in [-0.3, -0.25) is 9.36 Å². The number of nitriles is 1. The molecule has 1 aromatic carbocycles. The van der Waals surface area contributed by atoms with Crippen molar-refractivity contribution in [1.82, 2.24) is 4.57 Å². The molecule has 0 spiro atoms. The van der Waals surface area contributed by atoms with Crippen molar-refractivity contribution in [3.05, 3.63) is 89.9 Å². The first-order valence-corrected chi connectivity index (χ1v) is 9.37. The van der Waals surface area contributed by atoms with Crippen molar-refractivity contribution in [2.75, 3.05) is 6.61 Å². The lowest BCUT2D eigenvalue weighted by Gasteiger charge is -2.31. The van der Waals surface area contributed by atoms with Crippen LogP contribution < -0.4 is 10.3 Å². The highest BCUT2D eigenvalue weighted by Gasteiger charge is 2.29. The lowest BCUT2D eigenvalue weighted by molar-refractivity contribution is -0.776. The molecule has 12 nitrogen and oxygen atoms in total. The van der Waals surface area contributed by atoms with Gasteiger partial charge in [0.05, 0.1) is 23.9 Å². The number of benzene rings is 1. The maximum Gasteiger partial charge on any atom is 0.295 e. The SMILES string of the molecule is CC1(C)C=C(n2cc(C(CCO[N+](=O)[O-])O[N+](=O)[O-])ccc2=O)c2cc(C#N)ccc2O1. The second-order valence-electron chi connectivity index (χ2n) is 7.39. The van der Waals surface area contributed by atoms with Gasteiger partial charge < -0.3 is 14.4 Å². The van der Waals surface area contributed by atoms with Crippen molar-refractivity contribution in [2.45, 2.75) is 32.0 Å². The third-order valence-corrected chi connectivity index (χ3v) is 4.60. The van der Waals surface area contributed by atoms with Gasteiger partial charge in [0.2, 0.25) is 0 Å². The van der Waals surface area contributed by atoms with E-state index in [2.05, 4.69) is 9.68 Å². The van der Waals surface area contributed by atoms with E-state index < -0.39 is 34.0 Å². The molecular weight excluding hydrogens is 424 g/mol. The van der Waals surface area contributed by atoms with Crippen LogP contribution in [0.4, 0.5) is 0 Å². The standard InChI is InChI=1S/C20H18N4O8/c1-20(2)10-16(15-9-13(11-21)3-5-18(15)31-20)22-12-14(4-6-19(22)25)17(32-24(28)29)7-8-30-23(26)27/h3-6,9-10,12,17H,7-8H2,1-2H3. The van der Waals surface area contributed by atoms with Crippen LogP contribution in [0.2, 0.25) is 0 Å². The summed E-state index contributed by atoms with van der Waals surface area (Å²) in [7, 11) is 0. The maximum absolute atomic E-state index is 12.7. The molecule has 0 N–H and O–H groups in total. The van der Waals surface area contributed by atoms with E-state index >= 15 is 0 Å². The third kappa shape index (κ3) is 5.01. The first-order chi connectivity index (χ1) is 15.1. The van der Waals surface area contributed by atoms with Crippen LogP contribution in [0.15, 0.2) is 47.4 Å². The second kappa shape index (κ2) is 8.76. The van der Waals surface area contributed by atoms with E-state index in [1.54, 1.807) is 38.1 Å². The van der Waals surface area contributed by atoms with Gasteiger partial charge in [-0.25, -0.2) is 0 Å². The maximum atomic E-state index is 12.7. The molecule has 12 heteroatoms. The number of nitrogens with zero attached hydrogens (tertiary/aromatic N) is 4. The summed E-state index contributed by atoms with van der Waals surface area (Å²) in [6.45, 7) is 3.13. The lowest BCUT2D eigenvalue weighted by Crippen LogP contribution is -2.32. The minimum atomic E-state index is -1.21. The summed E-state index contributed by atoms with van der Waals surface area (Å²) in [5.74, 6) is 0.460. The average molecular weight is 442 g/mol. The van der Waals surface area contributed by atoms with E-state index in [4.69, 9.17) is 4.74 Å². The molecule has 32 heavy (non-hydrogen) atoms. The van der Waals surface area contributed by atoms with Gasteiger partial charge in [0.25, 0.3) is 15.7 Å². The molecule has 1 aliphatic heterocycles. The summed E-state index contributed by atoms with van der Waals surface area (Å²) < 4.78 is 7.19. The Morgan fingerprint density at radius 3 is 2.62 bits per heavy atom. The highest BCUT2D eigenvalue weighted by Crippen LogP contribution is 2.37. The predicted molar refractivity (Wildman–Crippen MR) is 108 cm³/mol. The zero-order valence-electron chi connectivity index (χ0n) is 17.1. The Kier molecular flexibility index (Phi) is 6.10. The third-order valence-electron chi connectivity index (χ3n) is 4.60. The van der Waals surface area contributed by atoms with E-state index in [9.17, 15) is 30.3 Å². The highest BCUT2D eigenvalue weighted by molar-refractivity contribution is 5.74. The molecule has 0 amide bonds. The molecule has 2 heterocycles. The molecular formula is C20H18N4O8. The van der Waals surface area contributed by atoms with Gasteiger partial charge in [-0.1, -0.05) is 0 Å². The summed E-state index contributed by atoms with van der Waals surface area (Å²) >= 11 is 0. The Hall–Kier alpha value is -4.40. The molecule has 0 saturated carbocycles. The number of aromatic nitrogens is 1. The highest BCUT2D eigenvalue weighted by atomic mass is 17.0. The topological polar surface area (TPSA) is 160 Å². The molecule has 0 saturated heterocycles. The lowest BCUT2D eigenvalue weighted by atomic mass is 9.97. The van der Waals surface area contributed by atoms with E-state index in [0.717, 1.165) is 0 Å². The Labute approximate surface area is 181 Å². The van der Waals surface area contributed by atoms with Crippen molar-refractivity contribution < 1.29 is 24.6 Å². The van der Waals surface area contributed by atoms with Crippen LogP contribution in [-0.2, 0) is 9.68 Å². The summed E-state index contributed by atoms with van der Waals surface area (Å²) in [4.78, 5) is 43.0.